The Bertz CT molecular complexity index is 1540. The number of aromatic nitrogens is 4. The summed E-state index contributed by atoms with van der Waals surface area (Å²) in [5.74, 6) is 0.0644. The average molecular weight is 591 g/mol. The summed E-state index contributed by atoms with van der Waals surface area (Å²) in [6, 6.07) is 8.58. The van der Waals surface area contributed by atoms with E-state index >= 15 is 0 Å². The van der Waals surface area contributed by atoms with E-state index < -0.39 is 5.97 Å². The van der Waals surface area contributed by atoms with Crippen LogP contribution >= 0.6 is 0 Å². The molecule has 0 atom stereocenters. The van der Waals surface area contributed by atoms with Crippen molar-refractivity contribution < 1.29 is 27.0 Å². The summed E-state index contributed by atoms with van der Waals surface area (Å²) in [5, 5.41) is 8.89. The first-order valence-corrected chi connectivity index (χ1v) is 14.1. The predicted molar refractivity (Wildman–Crippen MR) is 164 cm³/mol. The molecule has 3 aromatic heterocycles. The molecule has 41 heavy (non-hydrogen) atoms. The summed E-state index contributed by atoms with van der Waals surface area (Å²) < 4.78 is 0. The van der Waals surface area contributed by atoms with Crippen LogP contribution in [0.1, 0.15) is 131 Å². The van der Waals surface area contributed by atoms with Crippen LogP contribution < -0.4 is 15.1 Å². The van der Waals surface area contributed by atoms with Gasteiger partial charge in [0.2, 0.25) is 0 Å². The Morgan fingerprint density at radius 3 is 1.07 bits per heavy atom. The van der Waals surface area contributed by atoms with Gasteiger partial charge in [0.25, 0.3) is 0 Å². The number of rotatable bonds is 4. The maximum atomic E-state index is 8.89. The topological polar surface area (TPSA) is 94.1 Å². The number of hydrogen-bond donors (Lipinski definition) is 0. The van der Waals surface area contributed by atoms with Crippen molar-refractivity contribution in [3.05, 3.63) is 69.3 Å². The largest absolute Gasteiger partial charge is 3.00 e. The molecule has 3 aromatic rings. The number of carboxylic acids is 1. The number of fused-ring (bicyclic) bond motifs is 8. The molecule has 214 valence electrons. The van der Waals surface area contributed by atoms with Gasteiger partial charge in [-0.05, 0) is 66.0 Å². The van der Waals surface area contributed by atoms with E-state index in [0.29, 0.717) is 0 Å². The van der Waals surface area contributed by atoms with Crippen molar-refractivity contribution in [1.82, 2.24) is 19.9 Å². The molecular formula is C34H39MnN4O2. The molecule has 7 heteroatoms. The molecule has 5 heterocycles. The maximum Gasteiger partial charge on any atom is 3.00 e. The van der Waals surface area contributed by atoms with Crippen LogP contribution in [0.5, 0.6) is 0 Å². The van der Waals surface area contributed by atoms with Gasteiger partial charge in [0.05, 0.1) is 22.8 Å². The van der Waals surface area contributed by atoms with Crippen molar-refractivity contribution in [2.24, 2.45) is 0 Å². The van der Waals surface area contributed by atoms with E-state index in [2.05, 4.69) is 104 Å². The number of carboxylic acid groups (broad SMARTS) is 1. The third-order valence-corrected chi connectivity index (χ3v) is 7.08. The van der Waals surface area contributed by atoms with Gasteiger partial charge in [-0.25, -0.2) is 9.97 Å². The Labute approximate surface area is 253 Å². The Kier molecular flexibility index (Phi) is 10.2. The van der Waals surface area contributed by atoms with Crippen molar-refractivity contribution in [3.8, 4) is 0 Å². The fraction of sp³-hybridized carbons (Fsp3) is 0.382. The second-order valence-electron chi connectivity index (χ2n) is 11.6. The average Bonchev–Trinajstić information content (AvgIpc) is 3.63. The predicted octanol–water partition coefficient (Wildman–Crippen LogP) is 7.16. The van der Waals surface area contributed by atoms with Crippen LogP contribution in [0.4, 0.5) is 0 Å². The molecule has 0 radical (unpaired) electrons. The van der Waals surface area contributed by atoms with Crippen LogP contribution in [0.2, 0.25) is 0 Å². The van der Waals surface area contributed by atoms with Crippen LogP contribution in [0.15, 0.2) is 24.3 Å². The van der Waals surface area contributed by atoms with E-state index in [1.165, 1.54) is 22.3 Å². The fourth-order valence-corrected chi connectivity index (χ4v) is 5.54. The van der Waals surface area contributed by atoms with E-state index in [-0.39, 0.29) is 40.7 Å². The first-order valence-electron chi connectivity index (χ1n) is 14.1. The Balaban J connectivity index is 0.000000869. The molecule has 0 aromatic carbocycles. The number of aliphatic carboxylic acids is 1. The monoisotopic (exact) mass is 590 g/mol. The second kappa shape index (κ2) is 13.1. The van der Waals surface area contributed by atoms with E-state index in [0.717, 1.165) is 51.8 Å². The van der Waals surface area contributed by atoms with Gasteiger partial charge in [-0.1, -0.05) is 85.2 Å². The molecule has 0 N–H and O–H groups in total. The van der Waals surface area contributed by atoms with Gasteiger partial charge in [-0.15, -0.1) is 22.1 Å². The zero-order valence-electron chi connectivity index (χ0n) is 25.4. The van der Waals surface area contributed by atoms with Crippen LogP contribution in [0, 0.1) is 0 Å². The summed E-state index contributed by atoms with van der Waals surface area (Å²) in [6.45, 7) is 18.7. The molecule has 0 amide bonds. The van der Waals surface area contributed by atoms with Gasteiger partial charge in [0.1, 0.15) is 0 Å². The quantitative estimate of drug-likeness (QED) is 0.206. The number of nitrogens with zero attached hydrogens (tertiary/aromatic N) is 4. The molecule has 2 aliphatic heterocycles. The van der Waals surface area contributed by atoms with E-state index in [1.807, 2.05) is 0 Å². The number of hydrogen-bond acceptors (Lipinski definition) is 4. The van der Waals surface area contributed by atoms with Crippen LogP contribution in [-0.4, -0.2) is 15.9 Å². The van der Waals surface area contributed by atoms with Crippen molar-refractivity contribution in [1.29, 1.82) is 0 Å². The van der Waals surface area contributed by atoms with Gasteiger partial charge in [0.15, 0.2) is 0 Å². The molecule has 8 bridgehead atoms. The summed E-state index contributed by atoms with van der Waals surface area (Å²) in [5.41, 5.74) is 12.7. The number of carbonyl (C=O) groups is 1. The molecule has 0 aliphatic carbocycles. The van der Waals surface area contributed by atoms with Crippen molar-refractivity contribution in [3.63, 3.8) is 0 Å². The van der Waals surface area contributed by atoms with E-state index in [9.17, 15) is 0 Å². The van der Waals surface area contributed by atoms with E-state index in [4.69, 9.17) is 29.8 Å². The summed E-state index contributed by atoms with van der Waals surface area (Å²) in [7, 11) is 0. The van der Waals surface area contributed by atoms with E-state index in [1.54, 1.807) is 0 Å². The zero-order valence-corrected chi connectivity index (χ0v) is 26.6. The van der Waals surface area contributed by atoms with Gasteiger partial charge < -0.3 is 19.9 Å². The molecule has 0 fully saturated rings. The Morgan fingerprint density at radius 2 is 0.805 bits per heavy atom. The minimum absolute atomic E-state index is 0. The smallest absolute Gasteiger partial charge is 0.657 e. The summed E-state index contributed by atoms with van der Waals surface area (Å²) in [6.07, 6.45) is 8.58. The third-order valence-electron chi connectivity index (χ3n) is 7.08. The second-order valence-corrected chi connectivity index (χ2v) is 11.6. The van der Waals surface area contributed by atoms with Crippen molar-refractivity contribution >= 4 is 52.3 Å². The Morgan fingerprint density at radius 1 is 0.561 bits per heavy atom. The van der Waals surface area contributed by atoms with Gasteiger partial charge in [0, 0.05) is 11.5 Å². The summed E-state index contributed by atoms with van der Waals surface area (Å²) >= 11 is 0. The van der Waals surface area contributed by atoms with Crippen molar-refractivity contribution in [2.75, 3.05) is 0 Å². The zero-order chi connectivity index (χ0) is 29.3. The molecule has 0 saturated carbocycles. The standard InChI is InChI=1S/C32H36N4.C2H4O2.Mn/c1-17(2)29-21-9-11-23(33-21)30(18(3)4)25-13-15-27(35-25)32(20(7)8)28-16-14-26(36-28)31(19(5)6)24-12-10-22(29)34-24;1-2(3)4;/h9-20H,1-8H3;1H3,(H,3,4);/q-2;;+3/p-1. The minimum Gasteiger partial charge on any atom is -0.657 e. The fourth-order valence-electron chi connectivity index (χ4n) is 5.54. The van der Waals surface area contributed by atoms with Gasteiger partial charge in [-0.3, -0.25) is 0 Å². The molecular weight excluding hydrogens is 551 g/mol. The maximum absolute atomic E-state index is 8.89. The number of carbonyl (C=O) groups excluding carboxylic acids is 1. The SMILES string of the molecule is CC(=O)[O-].CC(C)c1c2nc(c(C(C)C)c3ccc([n-]3)c(C(C)C)c3ccc([n-]3)c(C(C)C)c3nc1C=C3)C=C2.[Mn+3]. The molecule has 2 aliphatic rings. The Hall–Kier alpha value is -3.41. The molecule has 0 unspecified atom stereocenters. The minimum atomic E-state index is -1.08. The first kappa shape index (κ1) is 32.1. The summed E-state index contributed by atoms with van der Waals surface area (Å²) in [4.78, 5) is 29.5. The van der Waals surface area contributed by atoms with Crippen molar-refractivity contribution in [2.45, 2.75) is 86.0 Å². The van der Waals surface area contributed by atoms with Crippen LogP contribution in [0.25, 0.3) is 46.4 Å². The molecule has 0 saturated heterocycles. The first-order chi connectivity index (χ1) is 18.9. The van der Waals surface area contributed by atoms with Gasteiger partial charge in [-0.2, -0.15) is 0 Å². The van der Waals surface area contributed by atoms with Crippen LogP contribution in [0.3, 0.4) is 0 Å². The normalized spacial score (nSPS) is 12.2. The third kappa shape index (κ3) is 6.74. The van der Waals surface area contributed by atoms with Gasteiger partial charge >= 0.3 is 17.1 Å². The molecule has 6 nitrogen and oxygen atoms in total. The molecule has 0 spiro atoms. The van der Waals surface area contributed by atoms with Crippen LogP contribution in [-0.2, 0) is 21.9 Å². The molecule has 5 rings (SSSR count).